The fourth-order valence-electron chi connectivity index (χ4n) is 2.23. The molecule has 1 aromatic rings. The number of ether oxygens (including phenoxy) is 1. The molecule has 1 aromatic heterocycles. The Morgan fingerprint density at radius 3 is 3.07 bits per heavy atom. The van der Waals surface area contributed by atoms with E-state index in [-0.39, 0.29) is 0 Å². The van der Waals surface area contributed by atoms with Crippen molar-refractivity contribution in [2.45, 2.75) is 25.9 Å². The van der Waals surface area contributed by atoms with Crippen LogP contribution in [0.4, 0.5) is 0 Å². The van der Waals surface area contributed by atoms with Gasteiger partial charge in [0.25, 0.3) is 0 Å². The molecule has 2 aliphatic heterocycles. The minimum absolute atomic E-state index is 0.700. The quantitative estimate of drug-likeness (QED) is 0.699. The average molecular weight is 209 g/mol. The lowest BCUT2D eigenvalue weighted by atomic mass is 10.1. The zero-order valence-electron chi connectivity index (χ0n) is 8.45. The molecule has 3 rings (SSSR count). The zero-order valence-corrected chi connectivity index (χ0v) is 9.27. The van der Waals surface area contributed by atoms with Crippen molar-refractivity contribution in [1.82, 2.24) is 4.90 Å². The Morgan fingerprint density at radius 2 is 2.36 bits per heavy atom. The van der Waals surface area contributed by atoms with Crippen LogP contribution < -0.4 is 0 Å². The van der Waals surface area contributed by atoms with Gasteiger partial charge in [-0.1, -0.05) is 0 Å². The number of thiophene rings is 1. The van der Waals surface area contributed by atoms with Gasteiger partial charge < -0.3 is 4.74 Å². The smallest absolute Gasteiger partial charge is 0.0645 e. The first-order valence-corrected chi connectivity index (χ1v) is 6.04. The third-order valence-electron chi connectivity index (χ3n) is 3.17. The predicted molar refractivity (Wildman–Crippen MR) is 57.8 cm³/mol. The van der Waals surface area contributed by atoms with Gasteiger partial charge in [-0.15, -0.1) is 11.3 Å². The molecule has 0 saturated carbocycles. The van der Waals surface area contributed by atoms with E-state index >= 15 is 0 Å². The van der Waals surface area contributed by atoms with Gasteiger partial charge in [-0.25, -0.2) is 0 Å². The van der Waals surface area contributed by atoms with Crippen molar-refractivity contribution in [3.05, 3.63) is 21.4 Å². The first-order valence-electron chi connectivity index (χ1n) is 5.23. The van der Waals surface area contributed by atoms with Gasteiger partial charge in [0.2, 0.25) is 0 Å². The van der Waals surface area contributed by atoms with Crippen molar-refractivity contribution in [3.63, 3.8) is 0 Å². The first-order chi connectivity index (χ1) is 6.83. The van der Waals surface area contributed by atoms with Crippen LogP contribution in [-0.2, 0) is 17.7 Å². The maximum atomic E-state index is 5.24. The lowest BCUT2D eigenvalue weighted by Crippen LogP contribution is -2.50. The largest absolute Gasteiger partial charge is 0.378 e. The second-order valence-corrected chi connectivity index (χ2v) is 5.56. The van der Waals surface area contributed by atoms with E-state index in [0.717, 1.165) is 19.8 Å². The molecular weight excluding hydrogens is 194 g/mol. The summed E-state index contributed by atoms with van der Waals surface area (Å²) in [5, 5.41) is 0. The Hall–Kier alpha value is -0.380. The highest BCUT2D eigenvalue weighted by Gasteiger charge is 2.29. The van der Waals surface area contributed by atoms with Crippen LogP contribution in [0, 0.1) is 6.92 Å². The molecule has 14 heavy (non-hydrogen) atoms. The highest BCUT2D eigenvalue weighted by Crippen LogP contribution is 2.29. The van der Waals surface area contributed by atoms with Crippen molar-refractivity contribution in [2.24, 2.45) is 0 Å². The summed E-state index contributed by atoms with van der Waals surface area (Å²) in [5.74, 6) is 0. The Balaban J connectivity index is 1.78. The van der Waals surface area contributed by atoms with E-state index in [1.165, 1.54) is 17.8 Å². The summed E-state index contributed by atoms with van der Waals surface area (Å²) >= 11 is 1.96. The molecule has 0 atom stereocenters. The Morgan fingerprint density at radius 1 is 1.50 bits per heavy atom. The Bertz CT molecular complexity index is 343. The molecule has 0 amide bonds. The van der Waals surface area contributed by atoms with Gasteiger partial charge in [-0.05, 0) is 25.0 Å². The third kappa shape index (κ3) is 1.40. The van der Waals surface area contributed by atoms with E-state index in [0.29, 0.717) is 6.04 Å². The number of aryl methyl sites for hydroxylation is 1. The number of hydrogen-bond acceptors (Lipinski definition) is 3. The van der Waals surface area contributed by atoms with E-state index in [9.17, 15) is 0 Å². The maximum absolute atomic E-state index is 5.24. The van der Waals surface area contributed by atoms with E-state index in [2.05, 4.69) is 17.9 Å². The van der Waals surface area contributed by atoms with Crippen molar-refractivity contribution in [3.8, 4) is 0 Å². The van der Waals surface area contributed by atoms with Crippen LogP contribution in [0.15, 0.2) is 6.07 Å². The molecule has 1 fully saturated rings. The van der Waals surface area contributed by atoms with Crippen LogP contribution in [0.25, 0.3) is 0 Å². The molecule has 0 unspecified atom stereocenters. The molecular formula is C11H15NOS. The van der Waals surface area contributed by atoms with Gasteiger partial charge in [-0.2, -0.15) is 0 Å². The SMILES string of the molecule is Cc1cc2c(s1)CN(C1COC1)CC2. The van der Waals surface area contributed by atoms with Gasteiger partial charge in [0.15, 0.2) is 0 Å². The molecule has 1 saturated heterocycles. The summed E-state index contributed by atoms with van der Waals surface area (Å²) in [6.45, 7) is 6.47. The molecule has 0 radical (unpaired) electrons. The number of rotatable bonds is 1. The highest BCUT2D eigenvalue weighted by atomic mass is 32.1. The van der Waals surface area contributed by atoms with Crippen molar-refractivity contribution < 1.29 is 4.74 Å². The standard InChI is InChI=1S/C11H15NOS/c1-8-4-9-2-3-12(5-11(9)14-8)10-6-13-7-10/h4,10H,2-3,5-7H2,1H3. The molecule has 3 heterocycles. The summed E-state index contributed by atoms with van der Waals surface area (Å²) in [6, 6.07) is 3.06. The van der Waals surface area contributed by atoms with Crippen LogP contribution >= 0.6 is 11.3 Å². The summed E-state index contributed by atoms with van der Waals surface area (Å²) in [6.07, 6.45) is 1.23. The Kier molecular flexibility index (Phi) is 2.11. The minimum atomic E-state index is 0.700. The van der Waals surface area contributed by atoms with Crippen LogP contribution in [0.3, 0.4) is 0 Å². The van der Waals surface area contributed by atoms with Crippen LogP contribution in [0.1, 0.15) is 15.3 Å². The summed E-state index contributed by atoms with van der Waals surface area (Å²) in [7, 11) is 0. The lowest BCUT2D eigenvalue weighted by Gasteiger charge is -2.39. The maximum Gasteiger partial charge on any atom is 0.0645 e. The van der Waals surface area contributed by atoms with E-state index in [1.807, 2.05) is 11.3 Å². The van der Waals surface area contributed by atoms with Crippen molar-refractivity contribution >= 4 is 11.3 Å². The number of nitrogens with zero attached hydrogens (tertiary/aromatic N) is 1. The molecule has 76 valence electrons. The number of fused-ring (bicyclic) bond motifs is 1. The van der Waals surface area contributed by atoms with Crippen LogP contribution in [-0.4, -0.2) is 30.7 Å². The van der Waals surface area contributed by atoms with Gasteiger partial charge >= 0.3 is 0 Å². The van der Waals surface area contributed by atoms with Gasteiger partial charge in [0.05, 0.1) is 19.3 Å². The van der Waals surface area contributed by atoms with E-state index in [1.54, 1.807) is 10.4 Å². The second-order valence-electron chi connectivity index (χ2n) is 4.22. The van der Waals surface area contributed by atoms with E-state index in [4.69, 9.17) is 4.74 Å². The molecule has 3 heteroatoms. The third-order valence-corrected chi connectivity index (χ3v) is 4.25. The second kappa shape index (κ2) is 3.33. The molecule has 2 aliphatic rings. The number of hydrogen-bond donors (Lipinski definition) is 0. The Labute approximate surface area is 88.5 Å². The fourth-order valence-corrected chi connectivity index (χ4v) is 3.35. The summed E-state index contributed by atoms with van der Waals surface area (Å²) < 4.78 is 5.24. The fraction of sp³-hybridized carbons (Fsp3) is 0.636. The summed E-state index contributed by atoms with van der Waals surface area (Å²) in [5.41, 5.74) is 1.59. The van der Waals surface area contributed by atoms with E-state index < -0.39 is 0 Å². The molecule has 0 spiro atoms. The van der Waals surface area contributed by atoms with Gasteiger partial charge in [-0.3, -0.25) is 4.90 Å². The minimum Gasteiger partial charge on any atom is -0.378 e. The summed E-state index contributed by atoms with van der Waals surface area (Å²) in [4.78, 5) is 5.62. The molecule has 2 nitrogen and oxygen atoms in total. The monoisotopic (exact) mass is 209 g/mol. The zero-order chi connectivity index (χ0) is 9.54. The normalized spacial score (nSPS) is 23.2. The molecule has 0 N–H and O–H groups in total. The van der Waals surface area contributed by atoms with Gasteiger partial charge in [0.1, 0.15) is 0 Å². The van der Waals surface area contributed by atoms with Crippen LogP contribution in [0.2, 0.25) is 0 Å². The molecule has 0 aliphatic carbocycles. The van der Waals surface area contributed by atoms with Crippen LogP contribution in [0.5, 0.6) is 0 Å². The van der Waals surface area contributed by atoms with Crippen molar-refractivity contribution in [1.29, 1.82) is 0 Å². The predicted octanol–water partition coefficient (Wildman–Crippen LogP) is 1.81. The lowest BCUT2D eigenvalue weighted by molar-refractivity contribution is -0.0690. The molecule has 0 aromatic carbocycles. The average Bonchev–Trinajstić information content (AvgIpc) is 2.40. The molecule has 0 bridgehead atoms. The van der Waals surface area contributed by atoms with Gasteiger partial charge in [0, 0.05) is 22.8 Å². The highest BCUT2D eigenvalue weighted by molar-refractivity contribution is 7.12. The van der Waals surface area contributed by atoms with Crippen molar-refractivity contribution in [2.75, 3.05) is 19.8 Å². The first kappa shape index (κ1) is 8.89. The topological polar surface area (TPSA) is 12.5 Å².